The van der Waals surface area contributed by atoms with Crippen molar-refractivity contribution in [3.63, 3.8) is 0 Å². The van der Waals surface area contributed by atoms with Gasteiger partial charge in [0.25, 0.3) is 0 Å². The van der Waals surface area contributed by atoms with Crippen LogP contribution in [0.3, 0.4) is 0 Å². The van der Waals surface area contributed by atoms with Crippen molar-refractivity contribution < 1.29 is 93.1 Å². The van der Waals surface area contributed by atoms with Crippen LogP contribution in [0.15, 0.2) is 46.5 Å². The predicted octanol–water partition coefficient (Wildman–Crippen LogP) is 2.59. The molecule has 0 radical (unpaired) electrons. The number of hydrogen-bond donors (Lipinski definition) is 6. The summed E-state index contributed by atoms with van der Waals surface area (Å²) < 4.78 is 111. The molecule has 71 heavy (non-hydrogen) atoms. The van der Waals surface area contributed by atoms with Crippen LogP contribution >= 0.6 is 11.8 Å². The number of aryl methyl sites for hydroxylation is 1. The van der Waals surface area contributed by atoms with Gasteiger partial charge < -0.3 is 54.7 Å². The second-order valence-corrected chi connectivity index (χ2v) is 17.8. The molecule has 0 spiro atoms. The quantitative estimate of drug-likeness (QED) is 0.0397. The molecule has 0 bridgehead atoms. The molecule has 3 heterocycles. The number of alkyl halides is 5. The fourth-order valence-corrected chi connectivity index (χ4v) is 7.54. The van der Waals surface area contributed by atoms with Gasteiger partial charge in [0.15, 0.2) is 6.17 Å². The highest BCUT2D eigenvalue weighted by molar-refractivity contribution is 8.17. The van der Waals surface area contributed by atoms with E-state index in [2.05, 4.69) is 36.1 Å². The Morgan fingerprint density at radius 3 is 1.77 bits per heavy atom. The SMILES string of the molecule is CC(CO)(CO)COCC(F)(F)C(F)(F)F.CCCS(=O)(=O)O/N=C1\SC=C\C1=C(\C#N)c1ccccc1C.COCN1C(=O)N(CCO)C2C1N(COC)C(=O)N2CCO.COCNC(=O)NCOC. The number of benzene rings is 1. The van der Waals surface area contributed by atoms with Gasteiger partial charge in [0, 0.05) is 52.5 Å². The highest BCUT2D eigenvalue weighted by Gasteiger charge is 2.59. The third-order valence-electron chi connectivity index (χ3n) is 9.54. The predicted molar refractivity (Wildman–Crippen MR) is 246 cm³/mol. The van der Waals surface area contributed by atoms with Crippen molar-refractivity contribution in [1.29, 1.82) is 5.26 Å². The number of allylic oxidation sites excluding steroid dienone is 2. The number of nitrogens with zero attached hydrogens (tertiary/aromatic N) is 6. The summed E-state index contributed by atoms with van der Waals surface area (Å²) in [4.78, 5) is 41.2. The first-order chi connectivity index (χ1) is 33.5. The zero-order valence-corrected chi connectivity index (χ0v) is 41.8. The molecule has 0 unspecified atom stereocenters. The van der Waals surface area contributed by atoms with E-state index < -0.39 is 66.4 Å². The van der Waals surface area contributed by atoms with Crippen LogP contribution in [0.2, 0.25) is 0 Å². The van der Waals surface area contributed by atoms with E-state index in [1.165, 1.54) is 66.7 Å². The van der Waals surface area contributed by atoms with Crippen molar-refractivity contribution in [3.05, 3.63) is 52.4 Å². The normalized spacial score (nSPS) is 18.0. The number of hydrogen-bond acceptors (Lipinski definition) is 18. The lowest BCUT2D eigenvalue weighted by Crippen LogP contribution is -2.48. The lowest BCUT2D eigenvalue weighted by atomic mass is 9.94. The number of halogens is 5. The molecule has 6 N–H and O–H groups in total. The van der Waals surface area contributed by atoms with Gasteiger partial charge in [0.1, 0.15) is 50.8 Å². The van der Waals surface area contributed by atoms with Crippen LogP contribution in [0, 0.1) is 23.7 Å². The molecule has 1 aromatic carbocycles. The number of aliphatic hydroxyl groups excluding tert-OH is 4. The van der Waals surface area contributed by atoms with Gasteiger partial charge in [-0.2, -0.15) is 35.6 Å². The summed E-state index contributed by atoms with van der Waals surface area (Å²) in [6.07, 6.45) is -4.65. The Hall–Kier alpha value is -4.94. The van der Waals surface area contributed by atoms with Gasteiger partial charge in [-0.15, -0.1) is 0 Å². The molecule has 404 valence electrons. The highest BCUT2D eigenvalue weighted by atomic mass is 32.2. The maximum absolute atomic E-state index is 12.5. The Labute approximate surface area is 412 Å². The molecule has 0 saturated carbocycles. The van der Waals surface area contributed by atoms with Crippen molar-refractivity contribution in [2.24, 2.45) is 10.6 Å². The molecule has 2 fully saturated rings. The fourth-order valence-electron chi connectivity index (χ4n) is 6.02. The number of amides is 6. The maximum atomic E-state index is 12.5. The molecule has 0 aliphatic carbocycles. The van der Waals surface area contributed by atoms with Crippen LogP contribution in [0.1, 0.15) is 31.4 Å². The Morgan fingerprint density at radius 2 is 1.35 bits per heavy atom. The number of urea groups is 3. The molecule has 0 atom stereocenters. The summed E-state index contributed by atoms with van der Waals surface area (Å²) in [5.41, 5.74) is 1.53. The molecule has 0 aromatic heterocycles. The Morgan fingerprint density at radius 1 is 0.845 bits per heavy atom. The molecule has 23 nitrogen and oxygen atoms in total. The fraction of sp³-hybridized carbons (Fsp3) is 0.634. The van der Waals surface area contributed by atoms with Crippen LogP contribution in [0.4, 0.5) is 36.3 Å². The van der Waals surface area contributed by atoms with Gasteiger partial charge in [-0.3, -0.25) is 23.9 Å². The Bertz CT molecular complexity index is 2000. The minimum atomic E-state index is -5.66. The monoisotopic (exact) mass is 1070 g/mol. The molecule has 2 saturated heterocycles. The zero-order chi connectivity index (χ0) is 54.0. The number of nitrogens with one attached hydrogen (secondary N) is 2. The number of thioether (sulfide) groups is 1. The van der Waals surface area contributed by atoms with Crippen molar-refractivity contribution in [3.8, 4) is 6.07 Å². The van der Waals surface area contributed by atoms with Crippen LogP contribution in [0.25, 0.3) is 5.57 Å². The van der Waals surface area contributed by atoms with Gasteiger partial charge in [0.05, 0.1) is 44.4 Å². The van der Waals surface area contributed by atoms with Crippen molar-refractivity contribution in [2.75, 3.05) is 114 Å². The van der Waals surface area contributed by atoms with E-state index in [0.29, 0.717) is 22.6 Å². The van der Waals surface area contributed by atoms with E-state index in [0.717, 1.165) is 11.1 Å². The van der Waals surface area contributed by atoms with Crippen molar-refractivity contribution in [2.45, 2.75) is 51.6 Å². The first kappa shape index (κ1) is 64.1. The van der Waals surface area contributed by atoms with Crippen LogP contribution in [-0.4, -0.2) is 210 Å². The second kappa shape index (κ2) is 31.5. The topological polar surface area (TPSA) is 295 Å². The number of rotatable bonds is 23. The zero-order valence-electron chi connectivity index (χ0n) is 40.2. The standard InChI is InChI=1S/C16H16N2O3S2.C12H22N4O6.C8H13F5O3.C5H12N2O3/c1-3-10-23(19,20)21-18-16-14(8-9-22-16)15(11-17)13-7-5-4-6-12(13)2;1-21-7-15-10-9(13(3-5-17)11(15)19)14(4-6-18)12(20)16(10)8-22-2;1-6(2-14,3-15)4-16-5-7(9,10)8(11,12)13;1-9-3-6-5(8)7-4-10-2/h4-9H,3,10H2,1-2H3;9-10,17-18H,3-8H2,1-2H3;14-15H,2-5H2,1H3;3-4H2,1-2H3,(H2,6,7,8)/b15-14+,18-16-;;;. The Balaban J connectivity index is 0.000000493. The molecule has 4 rings (SSSR count). The lowest BCUT2D eigenvalue weighted by Gasteiger charge is -2.28. The third-order valence-corrected chi connectivity index (χ3v) is 11.5. The number of ether oxygens (including phenoxy) is 5. The number of aliphatic hydroxyl groups is 4. The first-order valence-corrected chi connectivity index (χ1v) is 23.6. The number of nitriles is 1. The highest BCUT2D eigenvalue weighted by Crippen LogP contribution is 2.37. The van der Waals surface area contributed by atoms with Crippen LogP contribution in [0.5, 0.6) is 0 Å². The minimum absolute atomic E-state index is 0.0163. The van der Waals surface area contributed by atoms with E-state index in [-0.39, 0.29) is 77.1 Å². The lowest BCUT2D eigenvalue weighted by molar-refractivity contribution is -0.298. The number of oxime groups is 1. The summed E-state index contributed by atoms with van der Waals surface area (Å²) in [5.74, 6) is -5.03. The average Bonchev–Trinajstić information content (AvgIpc) is 3.98. The number of β-amino-alcohol motifs (C(OH)–C–C–N with tert-alkyl or cyclic N) is 2. The molecule has 3 aliphatic rings. The summed E-state index contributed by atoms with van der Waals surface area (Å²) in [6, 6.07) is 8.73. The third kappa shape index (κ3) is 19.5. The molecule has 30 heteroatoms. The Kier molecular flexibility index (Phi) is 28.4. The number of carbonyl (C=O) groups excluding carboxylic acids is 3. The molecular weight excluding hydrogens is 1000 g/mol. The van der Waals surface area contributed by atoms with Crippen LogP contribution < -0.4 is 10.6 Å². The molecule has 1 aromatic rings. The van der Waals surface area contributed by atoms with Gasteiger partial charge in [-0.05, 0) is 36.0 Å². The number of fused-ring (bicyclic) bond motifs is 1. The van der Waals surface area contributed by atoms with E-state index in [1.54, 1.807) is 18.4 Å². The van der Waals surface area contributed by atoms with Gasteiger partial charge in [-0.25, -0.2) is 14.4 Å². The first-order valence-electron chi connectivity index (χ1n) is 21.1. The minimum Gasteiger partial charge on any atom is -0.396 e. The summed E-state index contributed by atoms with van der Waals surface area (Å²) in [5, 5.41) is 56.1. The van der Waals surface area contributed by atoms with Crippen molar-refractivity contribution in [1.82, 2.24) is 30.2 Å². The van der Waals surface area contributed by atoms with E-state index in [9.17, 15) is 60.2 Å². The summed E-state index contributed by atoms with van der Waals surface area (Å²) in [6.45, 7) is 1.55. The van der Waals surface area contributed by atoms with E-state index in [4.69, 9.17) is 24.0 Å². The number of methoxy groups -OCH3 is 4. The second-order valence-electron chi connectivity index (χ2n) is 15.2. The van der Waals surface area contributed by atoms with E-state index in [1.807, 2.05) is 31.2 Å². The summed E-state index contributed by atoms with van der Waals surface area (Å²) >= 11 is 1.22. The number of carbonyl (C=O) groups is 3. The van der Waals surface area contributed by atoms with Crippen LogP contribution in [-0.2, 0) is 38.1 Å². The van der Waals surface area contributed by atoms with Gasteiger partial charge in [-0.1, -0.05) is 55.0 Å². The largest absolute Gasteiger partial charge is 0.455 e. The molecular formula is C41H63F5N8O15S2. The van der Waals surface area contributed by atoms with Gasteiger partial charge in [0.2, 0.25) is 0 Å². The van der Waals surface area contributed by atoms with Crippen molar-refractivity contribution >= 4 is 50.6 Å². The maximum Gasteiger partial charge on any atom is 0.455 e. The smallest absolute Gasteiger partial charge is 0.396 e. The molecule has 3 aliphatic heterocycles. The molecule has 6 amide bonds. The van der Waals surface area contributed by atoms with E-state index >= 15 is 0 Å². The average molecular weight is 1070 g/mol. The summed E-state index contributed by atoms with van der Waals surface area (Å²) in [7, 11) is 2.23. The van der Waals surface area contributed by atoms with Gasteiger partial charge >= 0.3 is 40.3 Å².